The number of hydrogen-bond donors (Lipinski definition) is 2. The lowest BCUT2D eigenvalue weighted by atomic mass is 10.1. The Balaban J connectivity index is 2.96. The van der Waals surface area contributed by atoms with Crippen molar-refractivity contribution in [3.8, 4) is 0 Å². The van der Waals surface area contributed by atoms with Gasteiger partial charge in [0, 0.05) is 12.7 Å². The number of halogens is 4. The Morgan fingerprint density at radius 1 is 1.33 bits per heavy atom. The minimum atomic E-state index is -4.77. The van der Waals surface area contributed by atoms with Gasteiger partial charge >= 0.3 is 6.18 Å². The molecule has 0 aliphatic carbocycles. The average molecular weight is 264 g/mol. The summed E-state index contributed by atoms with van der Waals surface area (Å²) in [5, 5.41) is 4.90. The molecule has 1 amide bonds. The van der Waals surface area contributed by atoms with Gasteiger partial charge in [-0.25, -0.2) is 4.39 Å². The number of anilines is 1. The second-order valence-electron chi connectivity index (χ2n) is 3.67. The zero-order valence-corrected chi connectivity index (χ0v) is 9.73. The molecule has 0 bridgehead atoms. The van der Waals surface area contributed by atoms with Crippen LogP contribution in [0, 0.1) is 5.82 Å². The summed E-state index contributed by atoms with van der Waals surface area (Å²) in [6.07, 6.45) is -4.77. The van der Waals surface area contributed by atoms with Crippen LogP contribution in [-0.2, 0) is 11.0 Å². The van der Waals surface area contributed by atoms with Crippen molar-refractivity contribution in [3.05, 3.63) is 29.6 Å². The van der Waals surface area contributed by atoms with Crippen LogP contribution in [0.5, 0.6) is 0 Å². The van der Waals surface area contributed by atoms with Crippen LogP contribution < -0.4 is 10.6 Å². The largest absolute Gasteiger partial charge is 0.419 e. The number of hydrogen-bond acceptors (Lipinski definition) is 2. The van der Waals surface area contributed by atoms with E-state index in [1.165, 1.54) is 14.0 Å². The van der Waals surface area contributed by atoms with Crippen LogP contribution in [0.4, 0.5) is 23.2 Å². The third-order valence-electron chi connectivity index (χ3n) is 2.29. The maximum Gasteiger partial charge on any atom is 0.419 e. The molecule has 100 valence electrons. The molecule has 0 radical (unpaired) electrons. The summed E-state index contributed by atoms with van der Waals surface area (Å²) < 4.78 is 50.3. The fraction of sp³-hybridized carbons (Fsp3) is 0.364. The Bertz CT molecular complexity index is 445. The van der Waals surface area contributed by atoms with E-state index in [1.807, 2.05) is 0 Å². The van der Waals surface area contributed by atoms with E-state index in [4.69, 9.17) is 0 Å². The lowest BCUT2D eigenvalue weighted by Gasteiger charge is -2.15. The second kappa shape index (κ2) is 5.24. The Morgan fingerprint density at radius 2 is 1.94 bits per heavy atom. The predicted octanol–water partition coefficient (Wildman–Crippen LogP) is 2.39. The van der Waals surface area contributed by atoms with Crippen LogP contribution in [0.3, 0.4) is 0 Å². The molecular formula is C11H12F4N2O. The van der Waals surface area contributed by atoms with Gasteiger partial charge in [0.1, 0.15) is 11.9 Å². The van der Waals surface area contributed by atoms with Crippen molar-refractivity contribution in [2.45, 2.75) is 19.1 Å². The van der Waals surface area contributed by atoms with Gasteiger partial charge < -0.3 is 10.6 Å². The zero-order chi connectivity index (χ0) is 13.9. The van der Waals surface area contributed by atoms with Gasteiger partial charge in [0.05, 0.1) is 5.56 Å². The summed E-state index contributed by atoms with van der Waals surface area (Å²) in [6, 6.07) is 1.77. The van der Waals surface area contributed by atoms with E-state index in [-0.39, 0.29) is 11.6 Å². The first-order chi connectivity index (χ1) is 8.25. The predicted molar refractivity (Wildman–Crippen MR) is 58.6 cm³/mol. The van der Waals surface area contributed by atoms with Gasteiger partial charge in [0.15, 0.2) is 0 Å². The maximum atomic E-state index is 13.0. The van der Waals surface area contributed by atoms with Gasteiger partial charge in [-0.05, 0) is 25.1 Å². The molecular weight excluding hydrogens is 252 g/mol. The standard InChI is InChI=1S/C11H12F4N2O/c1-6(10(18)16-2)17-7-3-4-9(12)8(5-7)11(13,14)15/h3-6,17H,1-2H3,(H,16,18). The van der Waals surface area contributed by atoms with E-state index in [1.54, 1.807) is 0 Å². The van der Waals surface area contributed by atoms with Gasteiger partial charge in [-0.1, -0.05) is 0 Å². The summed E-state index contributed by atoms with van der Waals surface area (Å²) >= 11 is 0. The van der Waals surface area contributed by atoms with Crippen molar-refractivity contribution in [2.24, 2.45) is 0 Å². The van der Waals surface area contributed by atoms with E-state index in [0.717, 1.165) is 6.07 Å². The summed E-state index contributed by atoms with van der Waals surface area (Å²) in [7, 11) is 1.41. The maximum absolute atomic E-state index is 13.0. The molecule has 3 nitrogen and oxygen atoms in total. The molecule has 1 aromatic rings. The second-order valence-corrected chi connectivity index (χ2v) is 3.67. The number of likely N-dealkylation sites (N-methyl/N-ethyl adjacent to an activating group) is 1. The molecule has 0 saturated carbocycles. The van der Waals surface area contributed by atoms with Gasteiger partial charge in [0.2, 0.25) is 5.91 Å². The first-order valence-corrected chi connectivity index (χ1v) is 5.10. The van der Waals surface area contributed by atoms with Crippen LogP contribution in [0.15, 0.2) is 18.2 Å². The molecule has 0 aliphatic rings. The molecule has 1 atom stereocenters. The minimum absolute atomic E-state index is 0.0276. The molecule has 7 heteroatoms. The minimum Gasteiger partial charge on any atom is -0.374 e. The monoisotopic (exact) mass is 264 g/mol. The Hall–Kier alpha value is -1.79. The third kappa shape index (κ3) is 3.35. The number of benzene rings is 1. The third-order valence-corrected chi connectivity index (χ3v) is 2.29. The summed E-state index contributed by atoms with van der Waals surface area (Å²) in [4.78, 5) is 11.2. The highest BCUT2D eigenvalue weighted by molar-refractivity contribution is 5.83. The number of amides is 1. The molecule has 0 spiro atoms. The molecule has 0 heterocycles. The molecule has 1 rings (SSSR count). The molecule has 1 aromatic carbocycles. The Morgan fingerprint density at radius 3 is 2.44 bits per heavy atom. The molecule has 0 aliphatic heterocycles. The number of alkyl halides is 3. The van der Waals surface area contributed by atoms with Crippen LogP contribution in [0.2, 0.25) is 0 Å². The highest BCUT2D eigenvalue weighted by Gasteiger charge is 2.34. The number of nitrogens with one attached hydrogen (secondary N) is 2. The van der Waals surface area contributed by atoms with Crippen molar-refractivity contribution in [3.63, 3.8) is 0 Å². The van der Waals surface area contributed by atoms with E-state index in [2.05, 4.69) is 10.6 Å². The highest BCUT2D eigenvalue weighted by atomic mass is 19.4. The van der Waals surface area contributed by atoms with Gasteiger partial charge in [0.25, 0.3) is 0 Å². The van der Waals surface area contributed by atoms with Crippen molar-refractivity contribution >= 4 is 11.6 Å². The average Bonchev–Trinajstić information content (AvgIpc) is 2.29. The van der Waals surface area contributed by atoms with Crippen molar-refractivity contribution in [2.75, 3.05) is 12.4 Å². The van der Waals surface area contributed by atoms with Crippen LogP contribution >= 0.6 is 0 Å². The number of carbonyl (C=O) groups excluding carboxylic acids is 1. The topological polar surface area (TPSA) is 41.1 Å². The SMILES string of the molecule is CNC(=O)C(C)Nc1ccc(F)c(C(F)(F)F)c1. The highest BCUT2D eigenvalue weighted by Crippen LogP contribution is 2.33. The normalized spacial score (nSPS) is 13.0. The van der Waals surface area contributed by atoms with Crippen LogP contribution in [0.1, 0.15) is 12.5 Å². The van der Waals surface area contributed by atoms with Crippen molar-refractivity contribution in [1.82, 2.24) is 5.32 Å². The smallest absolute Gasteiger partial charge is 0.374 e. The zero-order valence-electron chi connectivity index (χ0n) is 9.73. The molecule has 1 unspecified atom stereocenters. The van der Waals surface area contributed by atoms with E-state index in [9.17, 15) is 22.4 Å². The van der Waals surface area contributed by atoms with E-state index < -0.39 is 23.6 Å². The molecule has 0 saturated heterocycles. The summed E-state index contributed by atoms with van der Waals surface area (Å²) in [5.74, 6) is -1.73. The quantitative estimate of drug-likeness (QED) is 0.823. The number of carbonyl (C=O) groups is 1. The Kier molecular flexibility index (Phi) is 4.15. The first kappa shape index (κ1) is 14.3. The molecule has 0 fully saturated rings. The van der Waals surface area contributed by atoms with Crippen molar-refractivity contribution in [1.29, 1.82) is 0 Å². The van der Waals surface area contributed by atoms with E-state index >= 15 is 0 Å². The van der Waals surface area contributed by atoms with E-state index in [0.29, 0.717) is 12.1 Å². The van der Waals surface area contributed by atoms with Gasteiger partial charge in [-0.3, -0.25) is 4.79 Å². The lowest BCUT2D eigenvalue weighted by molar-refractivity contribution is -0.139. The fourth-order valence-electron chi connectivity index (χ4n) is 1.36. The number of rotatable bonds is 3. The van der Waals surface area contributed by atoms with Crippen LogP contribution in [-0.4, -0.2) is 19.0 Å². The summed E-state index contributed by atoms with van der Waals surface area (Å²) in [6.45, 7) is 1.48. The molecule has 2 N–H and O–H groups in total. The van der Waals surface area contributed by atoms with Gasteiger partial charge in [-0.2, -0.15) is 13.2 Å². The molecule has 18 heavy (non-hydrogen) atoms. The van der Waals surface area contributed by atoms with Crippen molar-refractivity contribution < 1.29 is 22.4 Å². The fourth-order valence-corrected chi connectivity index (χ4v) is 1.36. The Labute approximate surface area is 101 Å². The van der Waals surface area contributed by atoms with Gasteiger partial charge in [-0.15, -0.1) is 0 Å². The summed E-state index contributed by atoms with van der Waals surface area (Å²) in [5.41, 5.74) is -1.34. The lowest BCUT2D eigenvalue weighted by Crippen LogP contribution is -2.35. The van der Waals surface area contributed by atoms with Crippen LogP contribution in [0.25, 0.3) is 0 Å². The molecule has 0 aromatic heterocycles. The first-order valence-electron chi connectivity index (χ1n) is 5.10.